The number of ether oxygens (including phenoxy) is 1. The van der Waals surface area contributed by atoms with E-state index in [1.54, 1.807) is 6.07 Å². The minimum atomic E-state index is -0.0304. The average Bonchev–Trinajstić information content (AvgIpc) is 2.24. The van der Waals surface area contributed by atoms with Crippen molar-refractivity contribution in [2.45, 2.75) is 32.8 Å². The van der Waals surface area contributed by atoms with Crippen LogP contribution in [0.5, 0.6) is 5.75 Å². The van der Waals surface area contributed by atoms with Gasteiger partial charge in [-0.25, -0.2) is 0 Å². The van der Waals surface area contributed by atoms with Crippen LogP contribution in [0.25, 0.3) is 0 Å². The second-order valence-corrected chi connectivity index (χ2v) is 5.05. The summed E-state index contributed by atoms with van der Waals surface area (Å²) in [6.45, 7) is 3.86. The molecule has 92 valence electrons. The molecule has 5 heteroatoms. The third-order valence-electron chi connectivity index (χ3n) is 2.51. The van der Waals surface area contributed by atoms with Gasteiger partial charge in [0.1, 0.15) is 5.75 Å². The molecule has 3 nitrogen and oxygen atoms in total. The van der Waals surface area contributed by atoms with Crippen LogP contribution in [0.3, 0.4) is 0 Å². The molecule has 0 bridgehead atoms. The summed E-state index contributed by atoms with van der Waals surface area (Å²) in [6, 6.07) is 1.60. The smallest absolute Gasteiger partial charge is 0.224 e. The van der Waals surface area contributed by atoms with Crippen molar-refractivity contribution < 1.29 is 9.53 Å². The minimum absolute atomic E-state index is 0.0235. The molecule has 1 aromatic carbocycles. The Balaban J connectivity index is 2.52. The van der Waals surface area contributed by atoms with E-state index >= 15 is 0 Å². The van der Waals surface area contributed by atoms with E-state index in [4.69, 9.17) is 27.9 Å². The van der Waals surface area contributed by atoms with Gasteiger partial charge in [0.05, 0.1) is 21.8 Å². The Morgan fingerprint density at radius 3 is 2.65 bits per heavy atom. The fourth-order valence-electron chi connectivity index (χ4n) is 1.83. The second kappa shape index (κ2) is 4.75. The summed E-state index contributed by atoms with van der Waals surface area (Å²) in [5.41, 5.74) is 1.51. The minimum Gasteiger partial charge on any atom is -0.489 e. The summed E-state index contributed by atoms with van der Waals surface area (Å²) in [4.78, 5) is 11.4. The summed E-state index contributed by atoms with van der Waals surface area (Å²) < 4.78 is 5.69. The zero-order chi connectivity index (χ0) is 12.6. The van der Waals surface area contributed by atoms with Crippen LogP contribution in [0.2, 0.25) is 10.0 Å². The van der Waals surface area contributed by atoms with Gasteiger partial charge in [-0.15, -0.1) is 0 Å². The van der Waals surface area contributed by atoms with Crippen LogP contribution in [-0.4, -0.2) is 12.0 Å². The van der Waals surface area contributed by atoms with E-state index in [-0.39, 0.29) is 12.0 Å². The van der Waals surface area contributed by atoms with Gasteiger partial charge in [0.25, 0.3) is 0 Å². The lowest BCUT2D eigenvalue weighted by Gasteiger charge is -2.23. The molecule has 0 radical (unpaired) electrons. The number of rotatable bonds is 2. The molecule has 1 aromatic rings. The molecule has 2 rings (SSSR count). The van der Waals surface area contributed by atoms with Gasteiger partial charge in [-0.2, -0.15) is 0 Å². The van der Waals surface area contributed by atoms with Crippen molar-refractivity contribution in [3.8, 4) is 5.75 Å². The van der Waals surface area contributed by atoms with Gasteiger partial charge < -0.3 is 10.1 Å². The Morgan fingerprint density at radius 2 is 2.00 bits per heavy atom. The number of benzene rings is 1. The molecule has 17 heavy (non-hydrogen) atoms. The summed E-state index contributed by atoms with van der Waals surface area (Å²) in [5, 5.41) is 3.70. The number of anilines is 1. The molecule has 1 heterocycles. The molecule has 0 spiro atoms. The third-order valence-corrected chi connectivity index (χ3v) is 3.08. The van der Waals surface area contributed by atoms with Crippen LogP contribution in [-0.2, 0) is 11.2 Å². The van der Waals surface area contributed by atoms with Gasteiger partial charge in [-0.05, 0) is 26.3 Å². The van der Waals surface area contributed by atoms with Crippen LogP contribution in [0.1, 0.15) is 25.8 Å². The first-order chi connectivity index (χ1) is 7.99. The van der Waals surface area contributed by atoms with E-state index < -0.39 is 0 Å². The van der Waals surface area contributed by atoms with Crippen molar-refractivity contribution in [1.82, 2.24) is 0 Å². The van der Waals surface area contributed by atoms with Crippen molar-refractivity contribution >= 4 is 34.8 Å². The predicted octanol–water partition coefficient (Wildman–Crippen LogP) is 3.67. The monoisotopic (exact) mass is 273 g/mol. The molecule has 0 aromatic heterocycles. The second-order valence-electron chi connectivity index (χ2n) is 4.24. The van der Waals surface area contributed by atoms with Gasteiger partial charge in [-0.1, -0.05) is 23.2 Å². The average molecular weight is 274 g/mol. The topological polar surface area (TPSA) is 38.3 Å². The van der Waals surface area contributed by atoms with E-state index in [2.05, 4.69) is 5.32 Å². The van der Waals surface area contributed by atoms with E-state index in [0.717, 1.165) is 5.56 Å². The fourth-order valence-corrected chi connectivity index (χ4v) is 2.42. The summed E-state index contributed by atoms with van der Waals surface area (Å²) in [7, 11) is 0. The van der Waals surface area contributed by atoms with E-state index in [0.29, 0.717) is 34.3 Å². The number of carbonyl (C=O) groups excluding carboxylic acids is 1. The highest BCUT2D eigenvalue weighted by molar-refractivity contribution is 6.38. The van der Waals surface area contributed by atoms with Crippen molar-refractivity contribution in [2.75, 3.05) is 5.32 Å². The van der Waals surface area contributed by atoms with Crippen molar-refractivity contribution in [3.05, 3.63) is 21.7 Å². The summed E-state index contributed by atoms with van der Waals surface area (Å²) in [5.74, 6) is 0.596. The fraction of sp³-hybridized carbons (Fsp3) is 0.417. The first-order valence-corrected chi connectivity index (χ1v) is 6.22. The van der Waals surface area contributed by atoms with Crippen molar-refractivity contribution in [2.24, 2.45) is 0 Å². The molecular weight excluding hydrogens is 261 g/mol. The Labute approximate surface area is 110 Å². The molecule has 1 N–H and O–H groups in total. The summed E-state index contributed by atoms with van der Waals surface area (Å²) >= 11 is 12.2. The highest BCUT2D eigenvalue weighted by atomic mass is 35.5. The zero-order valence-corrected chi connectivity index (χ0v) is 11.2. The maximum absolute atomic E-state index is 11.4. The van der Waals surface area contributed by atoms with Crippen LogP contribution < -0.4 is 10.1 Å². The normalized spacial score (nSPS) is 14.5. The van der Waals surface area contributed by atoms with Gasteiger partial charge in [0.2, 0.25) is 5.91 Å². The molecule has 0 saturated carbocycles. The first kappa shape index (κ1) is 12.5. The number of nitrogens with one attached hydrogen (secondary N) is 1. The number of carbonyl (C=O) groups is 1. The van der Waals surface area contributed by atoms with Crippen LogP contribution in [0.15, 0.2) is 6.07 Å². The van der Waals surface area contributed by atoms with E-state index in [1.807, 2.05) is 13.8 Å². The van der Waals surface area contributed by atoms with Gasteiger partial charge in [-0.3, -0.25) is 4.79 Å². The molecule has 0 unspecified atom stereocenters. The number of amides is 1. The first-order valence-electron chi connectivity index (χ1n) is 5.46. The van der Waals surface area contributed by atoms with Gasteiger partial charge in [0.15, 0.2) is 0 Å². The van der Waals surface area contributed by atoms with E-state index in [1.165, 1.54) is 0 Å². The molecule has 0 atom stereocenters. The number of halogens is 2. The van der Waals surface area contributed by atoms with Crippen molar-refractivity contribution in [1.29, 1.82) is 0 Å². The molecule has 1 amide bonds. The largest absolute Gasteiger partial charge is 0.489 e. The SMILES string of the molecule is CC(C)Oc1c(Cl)cc(Cl)c2c1CCC(=O)N2. The predicted molar refractivity (Wildman–Crippen MR) is 69.2 cm³/mol. The Kier molecular flexibility index (Phi) is 3.50. The van der Waals surface area contributed by atoms with Gasteiger partial charge in [0, 0.05) is 12.0 Å². The quantitative estimate of drug-likeness (QED) is 0.893. The lowest BCUT2D eigenvalue weighted by atomic mass is 10.0. The Morgan fingerprint density at radius 1 is 1.29 bits per heavy atom. The van der Waals surface area contributed by atoms with Crippen LogP contribution in [0.4, 0.5) is 5.69 Å². The lowest BCUT2D eigenvalue weighted by Crippen LogP contribution is -2.21. The van der Waals surface area contributed by atoms with Crippen LogP contribution in [0, 0.1) is 0 Å². The lowest BCUT2D eigenvalue weighted by molar-refractivity contribution is -0.116. The Hall–Kier alpha value is -0.930. The van der Waals surface area contributed by atoms with Gasteiger partial charge >= 0.3 is 0 Å². The molecule has 0 fully saturated rings. The third kappa shape index (κ3) is 2.50. The molecular formula is C12H13Cl2NO2. The number of hydrogen-bond donors (Lipinski definition) is 1. The maximum Gasteiger partial charge on any atom is 0.224 e. The molecule has 1 aliphatic heterocycles. The highest BCUT2D eigenvalue weighted by Crippen LogP contribution is 2.42. The standard InChI is InChI=1S/C12H13Cl2NO2/c1-6(2)17-12-7-3-4-10(16)15-11(7)8(13)5-9(12)14/h5-6H,3-4H2,1-2H3,(H,15,16). The Bertz CT molecular complexity index is 472. The maximum atomic E-state index is 11.4. The number of fused-ring (bicyclic) bond motifs is 1. The number of hydrogen-bond acceptors (Lipinski definition) is 2. The van der Waals surface area contributed by atoms with Crippen molar-refractivity contribution in [3.63, 3.8) is 0 Å². The zero-order valence-electron chi connectivity index (χ0n) is 9.64. The summed E-state index contributed by atoms with van der Waals surface area (Å²) in [6.07, 6.45) is 1.05. The molecule has 0 aliphatic carbocycles. The van der Waals surface area contributed by atoms with Crippen LogP contribution >= 0.6 is 23.2 Å². The van der Waals surface area contributed by atoms with E-state index in [9.17, 15) is 4.79 Å². The molecule has 0 saturated heterocycles. The highest BCUT2D eigenvalue weighted by Gasteiger charge is 2.24. The molecule has 1 aliphatic rings.